The first kappa shape index (κ1) is 12.7. The maximum absolute atomic E-state index is 12.0. The van der Waals surface area contributed by atoms with E-state index in [-0.39, 0.29) is 5.91 Å². The van der Waals surface area contributed by atoms with Crippen molar-refractivity contribution in [1.29, 1.82) is 0 Å². The molecular weight excluding hydrogens is 300 g/mol. The Hall–Kier alpha value is -1.30. The Labute approximate surface area is 123 Å². The van der Waals surface area contributed by atoms with Gasteiger partial charge in [0.2, 0.25) is 0 Å². The van der Waals surface area contributed by atoms with E-state index in [2.05, 4.69) is 16.4 Å². The Kier molecular flexibility index (Phi) is 3.59. The highest BCUT2D eigenvalue weighted by atomic mass is 35.5. The van der Waals surface area contributed by atoms with E-state index in [1.54, 1.807) is 11.3 Å². The minimum absolute atomic E-state index is 0.0870. The van der Waals surface area contributed by atoms with Crippen LogP contribution in [0.5, 0.6) is 0 Å². The highest BCUT2D eigenvalue weighted by molar-refractivity contribution is 7.17. The molecule has 0 aliphatic rings. The fourth-order valence-electron chi connectivity index (χ4n) is 1.85. The Bertz CT molecular complexity index is 699. The molecule has 3 aromatic heterocycles. The number of hydrogen-bond donors (Lipinski definition) is 2. The van der Waals surface area contributed by atoms with Gasteiger partial charge in [-0.2, -0.15) is 0 Å². The Morgan fingerprint density at radius 3 is 3.05 bits per heavy atom. The minimum Gasteiger partial charge on any atom is -0.350 e. The molecule has 0 atom stereocenters. The molecule has 19 heavy (non-hydrogen) atoms. The summed E-state index contributed by atoms with van der Waals surface area (Å²) in [6, 6.07) is 5.93. The highest BCUT2D eigenvalue weighted by Gasteiger charge is 2.12. The highest BCUT2D eigenvalue weighted by Crippen LogP contribution is 2.29. The molecule has 98 valence electrons. The van der Waals surface area contributed by atoms with Crippen LogP contribution in [0.2, 0.25) is 5.02 Å². The molecule has 0 aromatic carbocycles. The van der Waals surface area contributed by atoms with Crippen LogP contribution in [0.15, 0.2) is 29.0 Å². The monoisotopic (exact) mass is 310 g/mol. The van der Waals surface area contributed by atoms with Crippen molar-refractivity contribution < 1.29 is 4.79 Å². The number of carbonyl (C=O) groups is 1. The smallest absolute Gasteiger partial charge is 0.267 e. The number of thiophene rings is 2. The summed E-state index contributed by atoms with van der Waals surface area (Å²) in [6.45, 7) is 0.639. The van der Waals surface area contributed by atoms with Crippen LogP contribution in [0.4, 0.5) is 0 Å². The van der Waals surface area contributed by atoms with Crippen molar-refractivity contribution in [3.63, 3.8) is 0 Å². The molecule has 3 rings (SSSR count). The molecule has 0 spiro atoms. The lowest BCUT2D eigenvalue weighted by molar-refractivity contribution is 0.0950. The summed E-state index contributed by atoms with van der Waals surface area (Å²) < 4.78 is 1.01. The van der Waals surface area contributed by atoms with Crippen molar-refractivity contribution in [2.24, 2.45) is 0 Å². The minimum atomic E-state index is -0.0870. The number of aromatic amines is 1. The van der Waals surface area contributed by atoms with E-state index >= 15 is 0 Å². The van der Waals surface area contributed by atoms with Crippen LogP contribution in [0, 0.1) is 0 Å². The van der Waals surface area contributed by atoms with E-state index in [0.29, 0.717) is 17.3 Å². The fraction of sp³-hybridized carbons (Fsp3) is 0.154. The van der Waals surface area contributed by atoms with Gasteiger partial charge in [0.25, 0.3) is 5.91 Å². The zero-order valence-electron chi connectivity index (χ0n) is 9.90. The Balaban J connectivity index is 1.63. The first-order valence-corrected chi connectivity index (χ1v) is 7.94. The van der Waals surface area contributed by atoms with Gasteiger partial charge in [-0.3, -0.25) is 4.79 Å². The largest absolute Gasteiger partial charge is 0.350 e. The number of rotatable bonds is 4. The van der Waals surface area contributed by atoms with Crippen molar-refractivity contribution in [3.8, 4) is 0 Å². The fourth-order valence-corrected chi connectivity index (χ4v) is 3.71. The number of carbonyl (C=O) groups excluding carboxylic acids is 1. The molecule has 0 saturated heterocycles. The van der Waals surface area contributed by atoms with E-state index in [9.17, 15) is 4.79 Å². The molecule has 0 bridgehead atoms. The van der Waals surface area contributed by atoms with Gasteiger partial charge in [0.1, 0.15) is 5.69 Å². The van der Waals surface area contributed by atoms with Crippen molar-refractivity contribution in [3.05, 3.63) is 44.6 Å². The maximum Gasteiger partial charge on any atom is 0.267 e. The van der Waals surface area contributed by atoms with Crippen molar-refractivity contribution >= 4 is 50.4 Å². The Morgan fingerprint density at radius 1 is 1.42 bits per heavy atom. The molecule has 0 aliphatic heterocycles. The molecule has 0 unspecified atom stereocenters. The number of halogens is 1. The molecule has 6 heteroatoms. The standard InChI is InChI=1S/C13H11ClN2OS2/c14-9-7-19-11-6-10(16-12(9)11)13(17)15-4-3-8-2-1-5-18-8/h1-2,5-7,16H,3-4H2,(H,15,17). The molecule has 0 saturated carbocycles. The van der Waals surface area contributed by atoms with Gasteiger partial charge in [-0.25, -0.2) is 0 Å². The van der Waals surface area contributed by atoms with Crippen LogP contribution in [-0.4, -0.2) is 17.4 Å². The van der Waals surface area contributed by atoms with Crippen LogP contribution >= 0.6 is 34.3 Å². The van der Waals surface area contributed by atoms with Crippen molar-refractivity contribution in [2.45, 2.75) is 6.42 Å². The van der Waals surface area contributed by atoms with E-state index in [4.69, 9.17) is 11.6 Å². The van der Waals surface area contributed by atoms with Gasteiger partial charge in [-0.1, -0.05) is 17.7 Å². The predicted octanol–water partition coefficient (Wildman–Crippen LogP) is 3.92. The second-order valence-corrected chi connectivity index (χ2v) is 6.44. The third kappa shape index (κ3) is 2.68. The normalized spacial score (nSPS) is 11.0. The van der Waals surface area contributed by atoms with Gasteiger partial charge in [0.05, 0.1) is 15.2 Å². The molecule has 0 radical (unpaired) electrons. The van der Waals surface area contributed by atoms with E-state index in [0.717, 1.165) is 16.6 Å². The van der Waals surface area contributed by atoms with Crippen molar-refractivity contribution in [2.75, 3.05) is 6.54 Å². The second-order valence-electron chi connectivity index (χ2n) is 4.09. The average molecular weight is 311 g/mol. The predicted molar refractivity (Wildman–Crippen MR) is 81.5 cm³/mol. The summed E-state index contributed by atoms with van der Waals surface area (Å²) in [5, 5.41) is 7.47. The summed E-state index contributed by atoms with van der Waals surface area (Å²) in [5.41, 5.74) is 1.41. The van der Waals surface area contributed by atoms with Gasteiger partial charge >= 0.3 is 0 Å². The summed E-state index contributed by atoms with van der Waals surface area (Å²) in [5.74, 6) is -0.0870. The number of amides is 1. The van der Waals surface area contributed by atoms with Crippen LogP contribution in [-0.2, 0) is 6.42 Å². The SMILES string of the molecule is O=C(NCCc1cccs1)c1cc2scc(Cl)c2[nH]1. The first-order valence-electron chi connectivity index (χ1n) is 5.80. The van der Waals surface area contributed by atoms with E-state index < -0.39 is 0 Å². The molecular formula is C13H11ClN2OS2. The molecule has 1 amide bonds. The summed E-state index contributed by atoms with van der Waals surface area (Å²) >= 11 is 9.25. The van der Waals surface area contributed by atoms with Crippen LogP contribution in [0.3, 0.4) is 0 Å². The average Bonchev–Trinajstić information content (AvgIpc) is 3.08. The van der Waals surface area contributed by atoms with Crippen LogP contribution in [0.1, 0.15) is 15.4 Å². The number of fused-ring (bicyclic) bond motifs is 1. The maximum atomic E-state index is 12.0. The molecule has 3 nitrogen and oxygen atoms in total. The zero-order valence-corrected chi connectivity index (χ0v) is 12.3. The van der Waals surface area contributed by atoms with Crippen LogP contribution in [0.25, 0.3) is 10.2 Å². The van der Waals surface area contributed by atoms with Gasteiger partial charge < -0.3 is 10.3 Å². The lowest BCUT2D eigenvalue weighted by atomic mass is 10.3. The number of hydrogen-bond acceptors (Lipinski definition) is 3. The quantitative estimate of drug-likeness (QED) is 0.754. The molecule has 2 N–H and O–H groups in total. The lowest BCUT2D eigenvalue weighted by Gasteiger charge is -2.02. The topological polar surface area (TPSA) is 44.9 Å². The zero-order chi connectivity index (χ0) is 13.2. The molecule has 3 heterocycles. The van der Waals surface area contributed by atoms with Crippen molar-refractivity contribution in [1.82, 2.24) is 10.3 Å². The summed E-state index contributed by atoms with van der Waals surface area (Å²) in [6.07, 6.45) is 0.860. The first-order chi connectivity index (χ1) is 9.24. The third-order valence-corrected chi connectivity index (χ3v) is 5.08. The van der Waals surface area contributed by atoms with E-state index in [1.165, 1.54) is 16.2 Å². The third-order valence-electron chi connectivity index (χ3n) is 2.79. The summed E-state index contributed by atoms with van der Waals surface area (Å²) in [4.78, 5) is 16.3. The van der Waals surface area contributed by atoms with Gasteiger partial charge in [0.15, 0.2) is 0 Å². The van der Waals surface area contributed by atoms with Gasteiger partial charge in [-0.05, 0) is 23.9 Å². The Morgan fingerprint density at radius 2 is 2.32 bits per heavy atom. The number of H-pyrrole nitrogens is 1. The van der Waals surface area contributed by atoms with E-state index in [1.807, 2.05) is 22.9 Å². The van der Waals surface area contributed by atoms with Gasteiger partial charge in [-0.15, -0.1) is 22.7 Å². The van der Waals surface area contributed by atoms with Crippen LogP contribution < -0.4 is 5.32 Å². The second kappa shape index (κ2) is 5.36. The molecule has 3 aromatic rings. The number of aromatic nitrogens is 1. The summed E-state index contributed by atoms with van der Waals surface area (Å²) in [7, 11) is 0. The molecule has 0 aliphatic carbocycles. The number of nitrogens with one attached hydrogen (secondary N) is 2. The lowest BCUT2D eigenvalue weighted by Crippen LogP contribution is -2.25. The molecule has 0 fully saturated rings. The van der Waals surface area contributed by atoms with Gasteiger partial charge in [0, 0.05) is 16.8 Å².